The van der Waals surface area contributed by atoms with Crippen molar-refractivity contribution in [1.82, 2.24) is 30.2 Å². The minimum atomic E-state index is -0.776. The first-order valence-corrected chi connectivity index (χ1v) is 14.7. The molecule has 2 aromatic heterocycles. The van der Waals surface area contributed by atoms with E-state index in [0.29, 0.717) is 54.0 Å². The molecule has 3 heterocycles. The van der Waals surface area contributed by atoms with Gasteiger partial charge in [0.15, 0.2) is 0 Å². The van der Waals surface area contributed by atoms with Gasteiger partial charge in [0.05, 0.1) is 17.8 Å². The Morgan fingerprint density at radius 3 is 2.69 bits per heavy atom. The highest BCUT2D eigenvalue weighted by Crippen LogP contribution is 2.27. The maximum Gasteiger partial charge on any atom is 0.257 e. The topological polar surface area (TPSA) is 133 Å². The summed E-state index contributed by atoms with van der Waals surface area (Å²) in [6.07, 6.45) is 5.67. The molecule has 1 aliphatic heterocycles. The molecular weight excluding hydrogens is 559 g/mol. The average Bonchev–Trinajstić information content (AvgIpc) is 3.62. The molecule has 1 fully saturated rings. The number of rotatable bonds is 11. The monoisotopic (exact) mass is 592 g/mol. The molecule has 0 aliphatic carbocycles. The predicted molar refractivity (Wildman–Crippen MR) is 154 cm³/mol. The molecule has 4 rings (SSSR count). The summed E-state index contributed by atoms with van der Waals surface area (Å²) in [7, 11) is 0. The molecule has 210 valence electrons. The van der Waals surface area contributed by atoms with Crippen molar-refractivity contribution in [3.05, 3.63) is 57.3 Å². The molecule has 3 atom stereocenters. The number of carbonyl (C=O) groups is 2. The van der Waals surface area contributed by atoms with Gasteiger partial charge >= 0.3 is 0 Å². The van der Waals surface area contributed by atoms with E-state index in [1.807, 2.05) is 9.80 Å². The maximum atomic E-state index is 13.8. The summed E-state index contributed by atoms with van der Waals surface area (Å²) in [5.74, 6) is 0.101. The second kappa shape index (κ2) is 13.6. The fourth-order valence-electron chi connectivity index (χ4n) is 5.00. The van der Waals surface area contributed by atoms with Crippen LogP contribution in [0.15, 0.2) is 36.1 Å². The zero-order chi connectivity index (χ0) is 27.9. The van der Waals surface area contributed by atoms with Crippen molar-refractivity contribution in [2.75, 3.05) is 25.0 Å². The van der Waals surface area contributed by atoms with Gasteiger partial charge in [0.25, 0.3) is 5.91 Å². The van der Waals surface area contributed by atoms with Crippen molar-refractivity contribution in [2.45, 2.75) is 57.7 Å². The van der Waals surface area contributed by atoms with Crippen LogP contribution in [-0.2, 0) is 11.2 Å². The van der Waals surface area contributed by atoms with Crippen LogP contribution in [-0.4, -0.2) is 79.8 Å². The number of amides is 2. The van der Waals surface area contributed by atoms with E-state index in [-0.39, 0.29) is 23.9 Å². The van der Waals surface area contributed by atoms with Crippen LogP contribution < -0.4 is 11.1 Å². The SMILES string of the molecule is CC(C)C[C@@H]1CN(C(=O)[C@H](N)Cc2ccc(Cl)cc2Cl)C(CCCNc2nncs2)CN1C(=O)c1cn[nH]c1. The zero-order valence-electron chi connectivity index (χ0n) is 22.0. The fraction of sp³-hybridized carbons (Fsp3) is 0.500. The first-order valence-electron chi connectivity index (χ1n) is 13.0. The Labute approximate surface area is 242 Å². The van der Waals surface area contributed by atoms with Crippen molar-refractivity contribution in [3.8, 4) is 0 Å². The van der Waals surface area contributed by atoms with Crippen LogP contribution in [0.2, 0.25) is 10.0 Å². The molecule has 1 saturated heterocycles. The lowest BCUT2D eigenvalue weighted by molar-refractivity contribution is -0.139. The van der Waals surface area contributed by atoms with E-state index >= 15 is 0 Å². The van der Waals surface area contributed by atoms with Crippen LogP contribution in [0.1, 0.15) is 49.0 Å². The summed E-state index contributed by atoms with van der Waals surface area (Å²) >= 11 is 13.8. The Morgan fingerprint density at radius 2 is 2.03 bits per heavy atom. The molecule has 4 N–H and O–H groups in total. The summed E-state index contributed by atoms with van der Waals surface area (Å²) in [4.78, 5) is 31.1. The van der Waals surface area contributed by atoms with Crippen molar-refractivity contribution < 1.29 is 9.59 Å². The van der Waals surface area contributed by atoms with Gasteiger partial charge in [-0.15, -0.1) is 10.2 Å². The van der Waals surface area contributed by atoms with Crippen LogP contribution in [0.3, 0.4) is 0 Å². The first-order chi connectivity index (χ1) is 18.7. The quantitative estimate of drug-likeness (QED) is 0.285. The summed E-state index contributed by atoms with van der Waals surface area (Å²) < 4.78 is 0. The lowest BCUT2D eigenvalue weighted by Crippen LogP contribution is -2.63. The van der Waals surface area contributed by atoms with Crippen molar-refractivity contribution in [2.24, 2.45) is 11.7 Å². The molecule has 39 heavy (non-hydrogen) atoms. The van der Waals surface area contributed by atoms with E-state index in [9.17, 15) is 9.59 Å². The number of nitrogens with one attached hydrogen (secondary N) is 2. The largest absolute Gasteiger partial charge is 0.360 e. The Bertz CT molecular complexity index is 1220. The van der Waals surface area contributed by atoms with Gasteiger partial charge in [0.1, 0.15) is 5.51 Å². The lowest BCUT2D eigenvalue weighted by atomic mass is 9.94. The van der Waals surface area contributed by atoms with Crippen molar-refractivity contribution >= 4 is 51.5 Å². The minimum Gasteiger partial charge on any atom is -0.360 e. The summed E-state index contributed by atoms with van der Waals surface area (Å²) in [5, 5.41) is 19.6. The molecule has 1 aromatic carbocycles. The van der Waals surface area contributed by atoms with E-state index in [2.05, 4.69) is 39.6 Å². The average molecular weight is 594 g/mol. The Kier molecular flexibility index (Phi) is 10.2. The molecule has 10 nitrogen and oxygen atoms in total. The predicted octanol–water partition coefficient (Wildman–Crippen LogP) is 4.10. The second-order valence-corrected chi connectivity index (χ2v) is 11.9. The third kappa shape index (κ3) is 7.69. The highest BCUT2D eigenvalue weighted by atomic mass is 35.5. The Morgan fingerprint density at radius 1 is 1.23 bits per heavy atom. The van der Waals surface area contributed by atoms with Gasteiger partial charge in [0, 0.05) is 48.0 Å². The minimum absolute atomic E-state index is 0.0873. The van der Waals surface area contributed by atoms with Gasteiger partial charge in [-0.2, -0.15) is 5.10 Å². The van der Waals surface area contributed by atoms with E-state index < -0.39 is 6.04 Å². The molecule has 1 unspecified atom stereocenters. The number of hydrogen-bond acceptors (Lipinski definition) is 8. The van der Waals surface area contributed by atoms with Gasteiger partial charge in [-0.05, 0) is 49.3 Å². The number of nitrogens with two attached hydrogens (primary N) is 1. The highest BCUT2D eigenvalue weighted by molar-refractivity contribution is 7.13. The van der Waals surface area contributed by atoms with E-state index in [1.54, 1.807) is 36.1 Å². The number of aromatic nitrogens is 4. The van der Waals surface area contributed by atoms with E-state index in [0.717, 1.165) is 23.5 Å². The van der Waals surface area contributed by atoms with Crippen LogP contribution in [0.5, 0.6) is 0 Å². The molecule has 0 spiro atoms. The smallest absolute Gasteiger partial charge is 0.257 e. The number of aromatic amines is 1. The third-order valence-electron chi connectivity index (χ3n) is 6.85. The number of H-pyrrole nitrogens is 1. The third-order valence-corrected chi connectivity index (χ3v) is 8.09. The molecule has 13 heteroatoms. The van der Waals surface area contributed by atoms with Crippen LogP contribution in [0.25, 0.3) is 0 Å². The van der Waals surface area contributed by atoms with Gasteiger partial charge in [-0.25, -0.2) is 0 Å². The molecule has 3 aromatic rings. The Hall–Kier alpha value is -2.73. The fourth-order valence-corrected chi connectivity index (χ4v) is 5.96. The van der Waals surface area contributed by atoms with Gasteiger partial charge < -0.3 is 20.9 Å². The number of benzene rings is 1. The molecule has 0 saturated carbocycles. The summed E-state index contributed by atoms with van der Waals surface area (Å²) in [6, 6.07) is 4.09. The van der Waals surface area contributed by atoms with Crippen LogP contribution in [0, 0.1) is 5.92 Å². The number of halogens is 2. The number of anilines is 1. The Balaban J connectivity index is 1.53. The molecule has 2 amide bonds. The van der Waals surface area contributed by atoms with E-state index in [1.165, 1.54) is 11.3 Å². The standard InChI is InChI=1S/C26H34Cl2N8O2S/c1-16(2)8-21-14-35(25(38)23(29)9-17-5-6-19(27)10-22(17)28)20(4-3-7-30-26-34-33-15-39-26)13-36(21)24(37)18-11-31-32-12-18/h5-6,10-12,15-16,20-21,23H,3-4,7-9,13-14,29H2,1-2H3,(H,30,34)(H,31,32)/t20?,21-,23-/m1/s1. The van der Waals surface area contributed by atoms with Crippen LogP contribution >= 0.6 is 34.5 Å². The number of hydrogen-bond donors (Lipinski definition) is 3. The van der Waals surface area contributed by atoms with E-state index in [4.69, 9.17) is 28.9 Å². The number of carbonyl (C=O) groups excluding carboxylic acids is 2. The van der Waals surface area contributed by atoms with Crippen LogP contribution in [0.4, 0.5) is 5.13 Å². The summed E-state index contributed by atoms with van der Waals surface area (Å²) in [5.41, 5.74) is 9.44. The van der Waals surface area contributed by atoms with Gasteiger partial charge in [-0.3, -0.25) is 14.7 Å². The molecule has 0 bridgehead atoms. The molecule has 0 radical (unpaired) electrons. The number of piperazine rings is 1. The lowest BCUT2D eigenvalue weighted by Gasteiger charge is -2.47. The maximum absolute atomic E-state index is 13.8. The highest BCUT2D eigenvalue weighted by Gasteiger charge is 2.40. The molecular formula is C26H34Cl2N8O2S. The van der Waals surface area contributed by atoms with Gasteiger partial charge in [-0.1, -0.05) is 54.5 Å². The normalized spacial score (nSPS) is 18.4. The van der Waals surface area contributed by atoms with Crippen molar-refractivity contribution in [3.63, 3.8) is 0 Å². The van der Waals surface area contributed by atoms with Gasteiger partial charge in [0.2, 0.25) is 11.0 Å². The number of nitrogens with zero attached hydrogens (tertiary/aromatic N) is 5. The summed E-state index contributed by atoms with van der Waals surface area (Å²) in [6.45, 7) is 5.74. The zero-order valence-corrected chi connectivity index (χ0v) is 24.3. The second-order valence-electron chi connectivity index (χ2n) is 10.2. The van der Waals surface area contributed by atoms with Crippen molar-refractivity contribution in [1.29, 1.82) is 0 Å². The molecule has 1 aliphatic rings. The first kappa shape index (κ1) is 29.3.